The third kappa shape index (κ3) is 2.25. The van der Waals surface area contributed by atoms with Gasteiger partial charge in [-0.2, -0.15) is 18.4 Å². The Hall–Kier alpha value is -1.50. The molecular weight excluding hydrogens is 191 g/mol. The first kappa shape index (κ1) is 10.6. The molecule has 1 rings (SSSR count). The van der Waals surface area contributed by atoms with Crippen molar-refractivity contribution in [1.29, 1.82) is 5.26 Å². The molecule has 4 heteroatoms. The highest BCUT2D eigenvalue weighted by atomic mass is 19.4. The van der Waals surface area contributed by atoms with Crippen molar-refractivity contribution in [2.24, 2.45) is 0 Å². The van der Waals surface area contributed by atoms with Crippen LogP contribution in [0.15, 0.2) is 24.3 Å². The second-order valence-electron chi connectivity index (χ2n) is 3.00. The molecule has 1 unspecified atom stereocenters. The van der Waals surface area contributed by atoms with E-state index in [-0.39, 0.29) is 5.56 Å². The molecule has 1 aromatic rings. The summed E-state index contributed by atoms with van der Waals surface area (Å²) in [6, 6.07) is 7.28. The number of alkyl halides is 3. The van der Waals surface area contributed by atoms with Gasteiger partial charge < -0.3 is 0 Å². The van der Waals surface area contributed by atoms with Crippen LogP contribution < -0.4 is 0 Å². The molecule has 1 atom stereocenters. The average molecular weight is 199 g/mol. The van der Waals surface area contributed by atoms with Crippen LogP contribution in [0.25, 0.3) is 0 Å². The fourth-order valence-electron chi connectivity index (χ4n) is 1.04. The lowest BCUT2D eigenvalue weighted by Crippen LogP contribution is -2.17. The fourth-order valence-corrected chi connectivity index (χ4v) is 1.04. The Morgan fingerprint density at radius 2 is 1.71 bits per heavy atom. The van der Waals surface area contributed by atoms with Gasteiger partial charge in [-0.1, -0.05) is 12.1 Å². The largest absolute Gasteiger partial charge is 0.395 e. The molecule has 0 saturated carbocycles. The average Bonchev–Trinajstić information content (AvgIpc) is 2.15. The quantitative estimate of drug-likeness (QED) is 0.681. The predicted octanol–water partition coefficient (Wildman–Crippen LogP) is 3.22. The fraction of sp³-hybridized carbons (Fsp3) is 0.300. The Balaban J connectivity index is 2.94. The van der Waals surface area contributed by atoms with Gasteiger partial charge in [0.15, 0.2) is 0 Å². The van der Waals surface area contributed by atoms with E-state index in [9.17, 15) is 13.2 Å². The zero-order valence-corrected chi connectivity index (χ0v) is 7.47. The Labute approximate surface area is 79.8 Å². The molecule has 0 fully saturated rings. The van der Waals surface area contributed by atoms with Gasteiger partial charge >= 0.3 is 6.18 Å². The van der Waals surface area contributed by atoms with Crippen LogP contribution in [0.3, 0.4) is 0 Å². The van der Waals surface area contributed by atoms with Gasteiger partial charge in [-0.05, 0) is 24.6 Å². The van der Waals surface area contributed by atoms with Gasteiger partial charge in [0, 0.05) is 0 Å². The predicted molar refractivity (Wildman–Crippen MR) is 45.6 cm³/mol. The Bertz CT molecular complexity index is 345. The van der Waals surface area contributed by atoms with Gasteiger partial charge in [0.25, 0.3) is 0 Å². The van der Waals surface area contributed by atoms with Crippen LogP contribution in [-0.2, 0) is 0 Å². The monoisotopic (exact) mass is 199 g/mol. The third-order valence-corrected chi connectivity index (χ3v) is 2.03. The molecular formula is C10H8F3N. The maximum Gasteiger partial charge on any atom is 0.395 e. The zero-order chi connectivity index (χ0) is 10.8. The highest BCUT2D eigenvalue weighted by molar-refractivity contribution is 5.33. The summed E-state index contributed by atoms with van der Waals surface area (Å²) < 4.78 is 36.8. The van der Waals surface area contributed by atoms with E-state index in [1.165, 1.54) is 24.3 Å². The van der Waals surface area contributed by atoms with Crippen LogP contribution in [-0.4, -0.2) is 6.18 Å². The summed E-state index contributed by atoms with van der Waals surface area (Å²) in [7, 11) is 0. The first-order valence-electron chi connectivity index (χ1n) is 4.02. The molecule has 1 nitrogen and oxygen atoms in total. The molecule has 0 amide bonds. The van der Waals surface area contributed by atoms with E-state index in [2.05, 4.69) is 0 Å². The topological polar surface area (TPSA) is 23.8 Å². The van der Waals surface area contributed by atoms with Crippen LogP contribution in [0.5, 0.6) is 0 Å². The molecule has 0 aliphatic rings. The maximum atomic E-state index is 12.3. The van der Waals surface area contributed by atoms with Crippen LogP contribution in [0.1, 0.15) is 24.0 Å². The maximum absolute atomic E-state index is 12.3. The van der Waals surface area contributed by atoms with Crippen LogP contribution in [0.2, 0.25) is 0 Å². The molecule has 0 bridgehead atoms. The highest BCUT2D eigenvalue weighted by Gasteiger charge is 2.36. The number of rotatable bonds is 1. The molecule has 0 N–H and O–H groups in total. The third-order valence-electron chi connectivity index (χ3n) is 2.03. The van der Waals surface area contributed by atoms with E-state index in [0.29, 0.717) is 5.56 Å². The summed E-state index contributed by atoms with van der Waals surface area (Å²) in [6.07, 6.45) is -4.23. The number of hydrogen-bond acceptors (Lipinski definition) is 1. The van der Waals surface area contributed by atoms with Crippen molar-refractivity contribution < 1.29 is 13.2 Å². The number of nitriles is 1. The first-order chi connectivity index (χ1) is 6.45. The normalized spacial score (nSPS) is 13.4. The van der Waals surface area contributed by atoms with Gasteiger partial charge in [0.1, 0.15) is 0 Å². The van der Waals surface area contributed by atoms with Gasteiger partial charge in [-0.15, -0.1) is 0 Å². The molecule has 0 aromatic heterocycles. The van der Waals surface area contributed by atoms with E-state index in [4.69, 9.17) is 5.26 Å². The molecule has 1 aromatic carbocycles. The van der Waals surface area contributed by atoms with Gasteiger partial charge in [0.05, 0.1) is 17.6 Å². The standard InChI is InChI=1S/C10H8F3N/c1-7(10(11,12)13)9-4-2-8(6-14)3-5-9/h2-5,7H,1H3. The first-order valence-corrected chi connectivity index (χ1v) is 4.02. The highest BCUT2D eigenvalue weighted by Crippen LogP contribution is 2.33. The van der Waals surface area contributed by atoms with Gasteiger partial charge in [-0.3, -0.25) is 0 Å². The summed E-state index contributed by atoms with van der Waals surface area (Å²) in [6.45, 7) is 1.10. The zero-order valence-electron chi connectivity index (χ0n) is 7.47. The van der Waals surface area contributed by atoms with Crippen molar-refractivity contribution >= 4 is 0 Å². The Morgan fingerprint density at radius 3 is 2.07 bits per heavy atom. The lowest BCUT2D eigenvalue weighted by Gasteiger charge is -2.15. The van der Waals surface area contributed by atoms with E-state index < -0.39 is 12.1 Å². The second kappa shape index (κ2) is 3.70. The van der Waals surface area contributed by atoms with Crippen molar-refractivity contribution in [2.75, 3.05) is 0 Å². The molecule has 14 heavy (non-hydrogen) atoms. The Kier molecular flexibility index (Phi) is 2.80. The number of halogens is 3. The minimum atomic E-state index is -4.23. The summed E-state index contributed by atoms with van der Waals surface area (Å²) in [4.78, 5) is 0. The van der Waals surface area contributed by atoms with E-state index in [0.717, 1.165) is 6.92 Å². The van der Waals surface area contributed by atoms with E-state index >= 15 is 0 Å². The van der Waals surface area contributed by atoms with E-state index in [1.54, 1.807) is 0 Å². The molecule has 0 radical (unpaired) electrons. The summed E-state index contributed by atoms with van der Waals surface area (Å²) in [5.74, 6) is -1.49. The molecule has 0 heterocycles. The number of hydrogen-bond donors (Lipinski definition) is 0. The van der Waals surface area contributed by atoms with Crippen molar-refractivity contribution in [3.8, 4) is 6.07 Å². The van der Waals surface area contributed by atoms with Crippen molar-refractivity contribution in [3.63, 3.8) is 0 Å². The smallest absolute Gasteiger partial charge is 0.192 e. The van der Waals surface area contributed by atoms with E-state index in [1.807, 2.05) is 6.07 Å². The molecule has 74 valence electrons. The van der Waals surface area contributed by atoms with Crippen LogP contribution in [0.4, 0.5) is 13.2 Å². The lowest BCUT2D eigenvalue weighted by molar-refractivity contribution is -0.146. The van der Waals surface area contributed by atoms with Gasteiger partial charge in [0.2, 0.25) is 0 Å². The van der Waals surface area contributed by atoms with Crippen LogP contribution >= 0.6 is 0 Å². The number of nitrogens with zero attached hydrogens (tertiary/aromatic N) is 1. The minimum Gasteiger partial charge on any atom is -0.192 e. The molecule has 0 aliphatic carbocycles. The van der Waals surface area contributed by atoms with Crippen molar-refractivity contribution in [1.82, 2.24) is 0 Å². The SMILES string of the molecule is CC(c1ccc(C#N)cc1)C(F)(F)F. The van der Waals surface area contributed by atoms with Crippen molar-refractivity contribution in [2.45, 2.75) is 19.0 Å². The molecule has 0 aliphatic heterocycles. The summed E-state index contributed by atoms with van der Waals surface area (Å²) >= 11 is 0. The van der Waals surface area contributed by atoms with Gasteiger partial charge in [-0.25, -0.2) is 0 Å². The summed E-state index contributed by atoms with van der Waals surface area (Å²) in [5, 5.41) is 8.45. The lowest BCUT2D eigenvalue weighted by atomic mass is 10.00. The molecule has 0 spiro atoms. The Morgan fingerprint density at radius 1 is 1.21 bits per heavy atom. The van der Waals surface area contributed by atoms with Crippen LogP contribution in [0, 0.1) is 11.3 Å². The minimum absolute atomic E-state index is 0.177. The summed E-state index contributed by atoms with van der Waals surface area (Å²) in [5.41, 5.74) is 0.541. The second-order valence-corrected chi connectivity index (χ2v) is 3.00. The van der Waals surface area contributed by atoms with Crippen molar-refractivity contribution in [3.05, 3.63) is 35.4 Å². The number of benzene rings is 1. The molecule has 0 saturated heterocycles.